The molecule has 0 bridgehead atoms. The van der Waals surface area contributed by atoms with Crippen molar-refractivity contribution in [2.24, 2.45) is 0 Å². The molecule has 0 radical (unpaired) electrons. The Labute approximate surface area is 149 Å². The third-order valence-corrected chi connectivity index (χ3v) is 4.56. The number of amides is 2. The summed E-state index contributed by atoms with van der Waals surface area (Å²) >= 11 is 0. The molecule has 1 unspecified atom stereocenters. The van der Waals surface area contributed by atoms with Crippen LogP contribution in [-0.4, -0.2) is 38.7 Å². The van der Waals surface area contributed by atoms with E-state index in [1.807, 2.05) is 0 Å². The molecular weight excluding hydrogens is 364 g/mol. The van der Waals surface area contributed by atoms with Gasteiger partial charge in [0.05, 0.1) is 12.0 Å². The zero-order chi connectivity index (χ0) is 19.3. The zero-order valence-corrected chi connectivity index (χ0v) is 15.1. The second-order valence-electron chi connectivity index (χ2n) is 5.30. The molecular formula is C15H18N4O6S. The van der Waals surface area contributed by atoms with Crippen LogP contribution in [0.1, 0.15) is 12.7 Å². The lowest BCUT2D eigenvalue weighted by molar-refractivity contribution is -0.142. The molecule has 11 heteroatoms. The van der Waals surface area contributed by atoms with Gasteiger partial charge in [-0.2, -0.15) is 0 Å². The summed E-state index contributed by atoms with van der Waals surface area (Å²) in [6.45, 7) is 3.11. The molecule has 140 valence electrons. The Morgan fingerprint density at radius 3 is 2.42 bits per heavy atom. The summed E-state index contributed by atoms with van der Waals surface area (Å²) in [5.74, 6) is -0.0499. The highest BCUT2D eigenvalue weighted by Crippen LogP contribution is 2.18. The number of nitrogens with one attached hydrogen (secondary N) is 3. The van der Waals surface area contributed by atoms with Crippen molar-refractivity contribution in [1.82, 2.24) is 10.5 Å². The number of hydrogen-bond donors (Lipinski definition) is 3. The Morgan fingerprint density at radius 1 is 1.23 bits per heavy atom. The Bertz CT molecular complexity index is 891. The van der Waals surface area contributed by atoms with Gasteiger partial charge in [-0.25, -0.2) is 18.0 Å². The fourth-order valence-corrected chi connectivity index (χ4v) is 2.91. The zero-order valence-electron chi connectivity index (χ0n) is 14.3. The van der Waals surface area contributed by atoms with E-state index in [1.165, 1.54) is 44.4 Å². The van der Waals surface area contributed by atoms with Gasteiger partial charge in [-0.1, -0.05) is 5.16 Å². The second-order valence-corrected chi connectivity index (χ2v) is 6.98. The molecule has 0 aliphatic rings. The lowest BCUT2D eigenvalue weighted by Gasteiger charge is -2.12. The van der Waals surface area contributed by atoms with Gasteiger partial charge in [0.1, 0.15) is 11.8 Å². The number of urea groups is 1. The lowest BCUT2D eigenvalue weighted by Crippen LogP contribution is -2.41. The van der Waals surface area contributed by atoms with E-state index in [4.69, 9.17) is 4.52 Å². The number of anilines is 2. The van der Waals surface area contributed by atoms with Crippen LogP contribution in [0.15, 0.2) is 39.8 Å². The van der Waals surface area contributed by atoms with E-state index in [0.29, 0.717) is 11.4 Å². The van der Waals surface area contributed by atoms with Crippen molar-refractivity contribution in [2.75, 3.05) is 17.1 Å². The van der Waals surface area contributed by atoms with Gasteiger partial charge >= 0.3 is 12.0 Å². The van der Waals surface area contributed by atoms with Crippen LogP contribution >= 0.6 is 0 Å². The molecule has 0 saturated carbocycles. The van der Waals surface area contributed by atoms with Gasteiger partial charge in [-0.15, -0.1) is 0 Å². The van der Waals surface area contributed by atoms with Gasteiger partial charge < -0.3 is 19.9 Å². The maximum atomic E-state index is 12.3. The van der Waals surface area contributed by atoms with Crippen LogP contribution in [0, 0.1) is 6.92 Å². The van der Waals surface area contributed by atoms with E-state index in [0.717, 1.165) is 0 Å². The summed E-state index contributed by atoms with van der Waals surface area (Å²) in [5, 5.41) is 8.43. The molecule has 0 aliphatic heterocycles. The van der Waals surface area contributed by atoms with Crippen molar-refractivity contribution >= 4 is 33.5 Å². The van der Waals surface area contributed by atoms with Gasteiger partial charge in [-0.3, -0.25) is 4.72 Å². The number of methoxy groups -OCH3 is 1. The van der Waals surface area contributed by atoms with Gasteiger partial charge in [0.15, 0.2) is 5.82 Å². The van der Waals surface area contributed by atoms with Crippen LogP contribution in [0.5, 0.6) is 0 Å². The fraction of sp³-hybridized carbons (Fsp3) is 0.267. The first-order valence-electron chi connectivity index (χ1n) is 7.43. The summed E-state index contributed by atoms with van der Waals surface area (Å²) in [6, 6.07) is 5.43. The number of hydrogen-bond acceptors (Lipinski definition) is 7. The molecule has 3 N–H and O–H groups in total. The number of aryl methyl sites for hydroxylation is 1. The van der Waals surface area contributed by atoms with Crippen molar-refractivity contribution in [3.63, 3.8) is 0 Å². The number of carbonyl (C=O) groups excluding carboxylic acids is 2. The molecule has 0 fully saturated rings. The van der Waals surface area contributed by atoms with Gasteiger partial charge in [-0.05, 0) is 38.1 Å². The Morgan fingerprint density at radius 2 is 1.88 bits per heavy atom. The first-order chi connectivity index (χ1) is 12.2. The average molecular weight is 382 g/mol. The summed E-state index contributed by atoms with van der Waals surface area (Å²) < 4.78 is 36.1. The van der Waals surface area contributed by atoms with Crippen LogP contribution < -0.4 is 15.4 Å². The van der Waals surface area contributed by atoms with Crippen molar-refractivity contribution < 1.29 is 27.3 Å². The molecule has 2 aromatic rings. The normalized spacial score (nSPS) is 12.1. The predicted octanol–water partition coefficient (Wildman–Crippen LogP) is 1.47. The van der Waals surface area contributed by atoms with Crippen molar-refractivity contribution in [3.05, 3.63) is 36.1 Å². The first kappa shape index (κ1) is 19.2. The minimum Gasteiger partial charge on any atom is -0.467 e. The SMILES string of the molecule is COC(=O)C(C)NC(=O)Nc1ccc(S(=O)(=O)Nc2cc(C)on2)cc1. The van der Waals surface area contributed by atoms with E-state index < -0.39 is 28.1 Å². The molecule has 26 heavy (non-hydrogen) atoms. The molecule has 2 rings (SSSR count). The van der Waals surface area contributed by atoms with Crippen LogP contribution in [0.3, 0.4) is 0 Å². The maximum Gasteiger partial charge on any atom is 0.328 e. The number of ether oxygens (including phenoxy) is 1. The number of carbonyl (C=O) groups is 2. The highest BCUT2D eigenvalue weighted by molar-refractivity contribution is 7.92. The number of esters is 1. The minimum absolute atomic E-state index is 0.0213. The standard InChI is InChI=1S/C15H18N4O6S/c1-9-8-13(18-25-9)19-26(22,23)12-6-4-11(5-7-12)17-15(21)16-10(2)14(20)24-3/h4-8,10H,1-3H3,(H,18,19)(H2,16,17,21). The Hall–Kier alpha value is -3.08. The van der Waals surface area contributed by atoms with Crippen molar-refractivity contribution in [1.29, 1.82) is 0 Å². The van der Waals surface area contributed by atoms with Crippen LogP contribution in [0.25, 0.3) is 0 Å². The highest BCUT2D eigenvalue weighted by atomic mass is 32.2. The lowest BCUT2D eigenvalue weighted by atomic mass is 10.3. The second kappa shape index (κ2) is 7.87. The van der Waals surface area contributed by atoms with E-state index >= 15 is 0 Å². The number of sulfonamides is 1. The molecule has 0 saturated heterocycles. The van der Waals surface area contributed by atoms with Gasteiger partial charge in [0.2, 0.25) is 0 Å². The third-order valence-electron chi connectivity index (χ3n) is 3.19. The van der Waals surface area contributed by atoms with E-state index in [-0.39, 0.29) is 10.7 Å². The molecule has 1 heterocycles. The van der Waals surface area contributed by atoms with Crippen LogP contribution in [-0.2, 0) is 19.6 Å². The molecule has 0 aliphatic carbocycles. The van der Waals surface area contributed by atoms with E-state index in [1.54, 1.807) is 6.92 Å². The number of nitrogens with zero attached hydrogens (tertiary/aromatic N) is 1. The van der Waals surface area contributed by atoms with Crippen LogP contribution in [0.2, 0.25) is 0 Å². The third kappa shape index (κ3) is 4.96. The molecule has 1 atom stereocenters. The van der Waals surface area contributed by atoms with Crippen LogP contribution in [0.4, 0.5) is 16.3 Å². The molecule has 2 amide bonds. The average Bonchev–Trinajstić information content (AvgIpc) is 2.98. The Balaban J connectivity index is 2.01. The highest BCUT2D eigenvalue weighted by Gasteiger charge is 2.18. The summed E-state index contributed by atoms with van der Waals surface area (Å²) in [4.78, 5) is 23.0. The Kier molecular flexibility index (Phi) is 5.82. The van der Waals surface area contributed by atoms with E-state index in [9.17, 15) is 18.0 Å². The number of benzene rings is 1. The largest absolute Gasteiger partial charge is 0.467 e. The monoisotopic (exact) mass is 382 g/mol. The minimum atomic E-state index is -3.84. The van der Waals surface area contributed by atoms with Crippen molar-refractivity contribution in [3.8, 4) is 0 Å². The summed E-state index contributed by atoms with van der Waals surface area (Å²) in [6.07, 6.45) is 0. The molecule has 1 aromatic heterocycles. The fourth-order valence-electron chi connectivity index (χ4n) is 1.93. The predicted molar refractivity (Wildman–Crippen MR) is 92.1 cm³/mol. The van der Waals surface area contributed by atoms with E-state index in [2.05, 4.69) is 25.2 Å². The van der Waals surface area contributed by atoms with Gasteiger partial charge in [0, 0.05) is 11.8 Å². The quantitative estimate of drug-likeness (QED) is 0.643. The number of aromatic nitrogens is 1. The topological polar surface area (TPSA) is 140 Å². The molecule has 10 nitrogen and oxygen atoms in total. The summed E-state index contributed by atoms with van der Waals surface area (Å²) in [7, 11) is -2.63. The van der Waals surface area contributed by atoms with Gasteiger partial charge in [0.25, 0.3) is 10.0 Å². The maximum absolute atomic E-state index is 12.3. The van der Waals surface area contributed by atoms with Crippen molar-refractivity contribution in [2.45, 2.75) is 24.8 Å². The molecule has 1 aromatic carbocycles. The number of rotatable bonds is 6. The smallest absolute Gasteiger partial charge is 0.328 e. The molecule has 0 spiro atoms. The first-order valence-corrected chi connectivity index (χ1v) is 8.91. The summed E-state index contributed by atoms with van der Waals surface area (Å²) in [5.41, 5.74) is 0.343.